The first-order chi connectivity index (χ1) is 4.63. The fraction of sp³-hybridized carbons (Fsp3) is 0.286. The smallest absolute Gasteiger partial charge is 0.157 e. The fourth-order valence-electron chi connectivity index (χ4n) is 0.639. The largest absolute Gasteiger partial charge is 0.258 e. The van der Waals surface area contributed by atoms with E-state index in [-0.39, 0.29) is 5.82 Å². The first-order valence-electron chi connectivity index (χ1n) is 2.90. The van der Waals surface area contributed by atoms with E-state index in [1.807, 2.05) is 29.5 Å². The Hall–Kier alpha value is -0.190. The molecule has 0 N–H and O–H groups in total. The van der Waals surface area contributed by atoms with E-state index >= 15 is 0 Å². The minimum absolute atomic E-state index is 0.194. The van der Waals surface area contributed by atoms with E-state index < -0.39 is 0 Å². The maximum atomic E-state index is 12.9. The SMILES string of the molecule is Cc1cnc(C)c(F)c1I. The van der Waals surface area contributed by atoms with Gasteiger partial charge in [-0.3, -0.25) is 4.98 Å². The summed E-state index contributed by atoms with van der Waals surface area (Å²) in [5, 5.41) is 0. The number of hydrogen-bond donors (Lipinski definition) is 0. The van der Waals surface area contributed by atoms with Crippen molar-refractivity contribution >= 4 is 22.6 Å². The molecule has 0 amide bonds. The van der Waals surface area contributed by atoms with E-state index in [2.05, 4.69) is 4.98 Å². The molecule has 0 aliphatic carbocycles. The molecule has 1 rings (SSSR count). The van der Waals surface area contributed by atoms with Crippen LogP contribution in [0.5, 0.6) is 0 Å². The number of nitrogens with zero attached hydrogens (tertiary/aromatic N) is 1. The van der Waals surface area contributed by atoms with Crippen LogP contribution in [-0.4, -0.2) is 4.98 Å². The van der Waals surface area contributed by atoms with Gasteiger partial charge in [-0.05, 0) is 42.0 Å². The van der Waals surface area contributed by atoms with Crippen molar-refractivity contribution in [2.45, 2.75) is 13.8 Å². The molecule has 1 nitrogen and oxygen atoms in total. The van der Waals surface area contributed by atoms with Gasteiger partial charge in [0.15, 0.2) is 5.82 Å². The van der Waals surface area contributed by atoms with Gasteiger partial charge in [0, 0.05) is 6.20 Å². The number of hydrogen-bond acceptors (Lipinski definition) is 1. The van der Waals surface area contributed by atoms with Crippen molar-refractivity contribution in [2.75, 3.05) is 0 Å². The Balaban J connectivity index is 3.34. The van der Waals surface area contributed by atoms with Crippen LogP contribution in [-0.2, 0) is 0 Å². The second-order valence-corrected chi connectivity index (χ2v) is 3.23. The summed E-state index contributed by atoms with van der Waals surface area (Å²) in [7, 11) is 0. The van der Waals surface area contributed by atoms with Crippen molar-refractivity contribution in [3.63, 3.8) is 0 Å². The van der Waals surface area contributed by atoms with Gasteiger partial charge in [-0.15, -0.1) is 0 Å². The zero-order valence-corrected chi connectivity index (χ0v) is 7.94. The highest BCUT2D eigenvalue weighted by molar-refractivity contribution is 14.1. The summed E-state index contributed by atoms with van der Waals surface area (Å²) >= 11 is 1.98. The van der Waals surface area contributed by atoms with Crippen LogP contribution < -0.4 is 0 Å². The average Bonchev–Trinajstić information content (AvgIpc) is 1.93. The van der Waals surface area contributed by atoms with Crippen molar-refractivity contribution in [2.24, 2.45) is 0 Å². The molecular formula is C7H7FIN. The van der Waals surface area contributed by atoms with E-state index in [1.54, 1.807) is 13.1 Å². The van der Waals surface area contributed by atoms with Crippen molar-refractivity contribution < 1.29 is 4.39 Å². The number of rotatable bonds is 0. The zero-order chi connectivity index (χ0) is 7.72. The predicted molar refractivity (Wildman–Crippen MR) is 46.4 cm³/mol. The molecule has 1 aromatic rings. The van der Waals surface area contributed by atoms with Crippen LogP contribution >= 0.6 is 22.6 Å². The average molecular weight is 251 g/mol. The monoisotopic (exact) mass is 251 g/mol. The lowest BCUT2D eigenvalue weighted by Gasteiger charge is -2.00. The van der Waals surface area contributed by atoms with Gasteiger partial charge in [0.05, 0.1) is 9.26 Å². The van der Waals surface area contributed by atoms with E-state index in [4.69, 9.17) is 0 Å². The summed E-state index contributed by atoms with van der Waals surface area (Å²) < 4.78 is 13.6. The Morgan fingerprint density at radius 3 is 2.60 bits per heavy atom. The van der Waals surface area contributed by atoms with Gasteiger partial charge in [0.2, 0.25) is 0 Å². The molecule has 54 valence electrons. The number of aryl methyl sites for hydroxylation is 2. The van der Waals surface area contributed by atoms with Crippen LogP contribution in [0.4, 0.5) is 4.39 Å². The van der Waals surface area contributed by atoms with Gasteiger partial charge in [-0.1, -0.05) is 0 Å². The maximum absolute atomic E-state index is 12.9. The zero-order valence-electron chi connectivity index (χ0n) is 5.78. The Bertz CT molecular complexity index is 233. The van der Waals surface area contributed by atoms with Crippen LogP contribution in [0.15, 0.2) is 6.20 Å². The Kier molecular flexibility index (Phi) is 2.23. The van der Waals surface area contributed by atoms with E-state index in [0.717, 1.165) is 5.56 Å². The highest BCUT2D eigenvalue weighted by Crippen LogP contribution is 2.15. The summed E-state index contributed by atoms with van der Waals surface area (Å²) in [6.45, 7) is 3.51. The van der Waals surface area contributed by atoms with Gasteiger partial charge in [0.1, 0.15) is 0 Å². The highest BCUT2D eigenvalue weighted by Gasteiger charge is 2.04. The van der Waals surface area contributed by atoms with Gasteiger partial charge in [0.25, 0.3) is 0 Å². The molecule has 0 bridgehead atoms. The molecule has 1 heterocycles. The molecule has 0 aromatic carbocycles. The standard InChI is InChI=1S/C7H7FIN/c1-4-3-10-5(2)6(8)7(4)9/h3H,1-2H3. The molecule has 3 heteroatoms. The summed E-state index contributed by atoms with van der Waals surface area (Å²) in [4.78, 5) is 3.86. The molecule has 0 aliphatic heterocycles. The molecular weight excluding hydrogens is 244 g/mol. The summed E-state index contributed by atoms with van der Waals surface area (Å²) in [6.07, 6.45) is 1.68. The number of aromatic nitrogens is 1. The third kappa shape index (κ3) is 1.28. The lowest BCUT2D eigenvalue weighted by atomic mass is 10.3. The topological polar surface area (TPSA) is 12.9 Å². The van der Waals surface area contributed by atoms with Crippen molar-refractivity contribution in [1.82, 2.24) is 4.98 Å². The maximum Gasteiger partial charge on any atom is 0.157 e. The second kappa shape index (κ2) is 2.82. The Morgan fingerprint density at radius 1 is 1.50 bits per heavy atom. The van der Waals surface area contributed by atoms with Crippen LogP contribution in [0.25, 0.3) is 0 Å². The Labute approximate surface area is 72.8 Å². The number of pyridine rings is 1. The van der Waals surface area contributed by atoms with Crippen LogP contribution in [0.2, 0.25) is 0 Å². The molecule has 1 aromatic heterocycles. The molecule has 0 spiro atoms. The lowest BCUT2D eigenvalue weighted by Crippen LogP contribution is -1.93. The van der Waals surface area contributed by atoms with Crippen LogP contribution in [0.1, 0.15) is 11.3 Å². The first kappa shape index (κ1) is 7.91. The minimum atomic E-state index is -0.194. The molecule has 0 radical (unpaired) electrons. The minimum Gasteiger partial charge on any atom is -0.258 e. The van der Waals surface area contributed by atoms with E-state index in [0.29, 0.717) is 9.26 Å². The van der Waals surface area contributed by atoms with Gasteiger partial charge in [-0.25, -0.2) is 4.39 Å². The van der Waals surface area contributed by atoms with Crippen LogP contribution in [0, 0.1) is 23.2 Å². The predicted octanol–water partition coefficient (Wildman–Crippen LogP) is 2.44. The van der Waals surface area contributed by atoms with Crippen molar-refractivity contribution in [3.8, 4) is 0 Å². The summed E-state index contributed by atoms with van der Waals surface area (Å²) in [5.74, 6) is -0.194. The lowest BCUT2D eigenvalue weighted by molar-refractivity contribution is 0.600. The van der Waals surface area contributed by atoms with Gasteiger partial charge < -0.3 is 0 Å². The van der Waals surface area contributed by atoms with Crippen LogP contribution in [0.3, 0.4) is 0 Å². The van der Waals surface area contributed by atoms with E-state index in [9.17, 15) is 4.39 Å². The summed E-state index contributed by atoms with van der Waals surface area (Å²) in [5.41, 5.74) is 1.36. The molecule has 0 unspecified atom stereocenters. The van der Waals surface area contributed by atoms with Crippen molar-refractivity contribution in [1.29, 1.82) is 0 Å². The van der Waals surface area contributed by atoms with Gasteiger partial charge in [-0.2, -0.15) is 0 Å². The summed E-state index contributed by atoms with van der Waals surface area (Å²) in [6, 6.07) is 0. The normalized spacial score (nSPS) is 10.0. The fourth-order valence-corrected chi connectivity index (χ4v) is 1.17. The molecule has 0 atom stereocenters. The van der Waals surface area contributed by atoms with Crippen molar-refractivity contribution in [3.05, 3.63) is 26.8 Å². The third-order valence-corrected chi connectivity index (χ3v) is 2.63. The molecule has 0 fully saturated rings. The third-order valence-electron chi connectivity index (χ3n) is 1.31. The molecule has 10 heavy (non-hydrogen) atoms. The molecule has 0 saturated heterocycles. The Morgan fingerprint density at radius 2 is 2.10 bits per heavy atom. The highest BCUT2D eigenvalue weighted by atomic mass is 127. The quantitative estimate of drug-likeness (QED) is 0.645. The first-order valence-corrected chi connectivity index (χ1v) is 3.98. The molecule has 0 saturated carbocycles. The van der Waals surface area contributed by atoms with Gasteiger partial charge >= 0.3 is 0 Å². The second-order valence-electron chi connectivity index (χ2n) is 2.15. The van der Waals surface area contributed by atoms with E-state index in [1.165, 1.54) is 0 Å². The molecule has 0 aliphatic rings. The number of halogens is 2.